The third-order valence-electron chi connectivity index (χ3n) is 6.99. The van der Waals surface area contributed by atoms with Crippen LogP contribution in [0.25, 0.3) is 10.9 Å². The van der Waals surface area contributed by atoms with Crippen molar-refractivity contribution in [3.05, 3.63) is 102 Å². The number of imide groups is 1. The smallest absolute Gasteiger partial charge is 0.327 e. The number of carbonyl (C=O) groups excluding carboxylic acids is 3. The minimum atomic E-state index is -5.80. The topological polar surface area (TPSA) is 114 Å². The van der Waals surface area contributed by atoms with Gasteiger partial charge < -0.3 is 4.84 Å². The summed E-state index contributed by atoms with van der Waals surface area (Å²) in [6.45, 7) is 0. The number of halogens is 6. The summed E-state index contributed by atoms with van der Waals surface area (Å²) >= 11 is 0. The molecule has 1 fully saturated rings. The van der Waals surface area contributed by atoms with Crippen molar-refractivity contribution in [1.82, 2.24) is 10.0 Å². The number of urea groups is 1. The average molecular weight is 652 g/mol. The van der Waals surface area contributed by atoms with Gasteiger partial charge in [-0.25, -0.2) is 22.9 Å². The Morgan fingerprint density at radius 2 is 1.49 bits per heavy atom. The van der Waals surface area contributed by atoms with Gasteiger partial charge in [0, 0.05) is 17.5 Å². The van der Waals surface area contributed by atoms with Crippen LogP contribution in [0.3, 0.4) is 0 Å². The van der Waals surface area contributed by atoms with Crippen molar-refractivity contribution >= 4 is 44.3 Å². The van der Waals surface area contributed by atoms with Crippen LogP contribution < -0.4 is 4.90 Å². The summed E-state index contributed by atoms with van der Waals surface area (Å²) in [5.74, 6) is -5.16. The number of aromatic nitrogens is 1. The third-order valence-corrected chi connectivity index (χ3v) is 8.49. The van der Waals surface area contributed by atoms with Gasteiger partial charge in [-0.05, 0) is 53.9 Å². The molecule has 9 nitrogen and oxygen atoms in total. The van der Waals surface area contributed by atoms with Crippen LogP contribution in [0, 0.1) is 0 Å². The van der Waals surface area contributed by atoms with E-state index >= 15 is 0 Å². The Morgan fingerprint density at radius 3 is 2.11 bits per heavy atom. The summed E-state index contributed by atoms with van der Waals surface area (Å²) in [5, 5.41) is 0.463. The Morgan fingerprint density at radius 1 is 0.867 bits per heavy atom. The number of sulfone groups is 1. The van der Waals surface area contributed by atoms with E-state index in [1.807, 2.05) is 0 Å². The van der Waals surface area contributed by atoms with Gasteiger partial charge in [-0.1, -0.05) is 48.5 Å². The Hall–Kier alpha value is -4.99. The van der Waals surface area contributed by atoms with Crippen LogP contribution in [0.4, 0.5) is 36.8 Å². The number of alkyl halides is 6. The first-order valence-corrected chi connectivity index (χ1v) is 14.3. The fraction of sp³-hybridized carbons (Fsp3) is 0.172. The fourth-order valence-electron chi connectivity index (χ4n) is 4.96. The molecule has 5 rings (SSSR count). The highest BCUT2D eigenvalue weighted by Crippen LogP contribution is 2.39. The lowest BCUT2D eigenvalue weighted by atomic mass is 9.84. The summed E-state index contributed by atoms with van der Waals surface area (Å²) in [7, 11) is -5.80. The number of fused-ring (bicyclic) bond motifs is 1. The van der Waals surface area contributed by atoms with Crippen LogP contribution in [0.15, 0.2) is 96.0 Å². The quantitative estimate of drug-likeness (QED) is 0.186. The molecule has 1 saturated heterocycles. The van der Waals surface area contributed by atoms with Crippen molar-refractivity contribution in [1.29, 1.82) is 0 Å². The predicted molar refractivity (Wildman–Crippen MR) is 145 cm³/mol. The second-order valence-corrected chi connectivity index (χ2v) is 11.7. The number of para-hydroxylation sites is 1. The van der Waals surface area contributed by atoms with Gasteiger partial charge in [-0.15, -0.1) is 5.06 Å². The SMILES string of the molecule is O=C1[C@@H]([C@H](Cc2ccccc2)c2ccnc3ccccc23)N(OC(=O)C(F)(F)F)C(=O)N1c1ccc(S(=O)(=O)C(F)(F)F)cc1. The molecule has 2 atom stereocenters. The zero-order valence-corrected chi connectivity index (χ0v) is 23.3. The van der Waals surface area contributed by atoms with Gasteiger partial charge >= 0.3 is 23.7 Å². The summed E-state index contributed by atoms with van der Waals surface area (Å²) in [6, 6.07) is 15.4. The van der Waals surface area contributed by atoms with E-state index in [1.165, 1.54) is 12.3 Å². The lowest BCUT2D eigenvalue weighted by molar-refractivity contribution is -0.231. The Kier molecular flexibility index (Phi) is 8.03. The molecule has 0 unspecified atom stereocenters. The number of hydrogen-bond acceptors (Lipinski definition) is 7. The molecule has 234 valence electrons. The predicted octanol–water partition coefficient (Wildman–Crippen LogP) is 5.71. The summed E-state index contributed by atoms with van der Waals surface area (Å²) in [6.07, 6.45) is -4.25. The van der Waals surface area contributed by atoms with Crippen LogP contribution in [0.1, 0.15) is 17.0 Å². The fourth-order valence-corrected chi connectivity index (χ4v) is 5.73. The highest BCUT2D eigenvalue weighted by Gasteiger charge is 2.55. The molecule has 2 heterocycles. The average Bonchev–Trinajstić information content (AvgIpc) is 3.23. The van der Waals surface area contributed by atoms with Gasteiger partial charge in [0.25, 0.3) is 15.7 Å². The second-order valence-electron chi connectivity index (χ2n) is 9.76. The van der Waals surface area contributed by atoms with E-state index < -0.39 is 62.0 Å². The van der Waals surface area contributed by atoms with Crippen LogP contribution in [0.2, 0.25) is 0 Å². The highest BCUT2D eigenvalue weighted by molar-refractivity contribution is 7.92. The van der Waals surface area contributed by atoms with Crippen molar-refractivity contribution in [2.45, 2.75) is 35.0 Å². The minimum Gasteiger partial charge on any atom is -0.327 e. The summed E-state index contributed by atoms with van der Waals surface area (Å²) in [4.78, 5) is 47.4. The summed E-state index contributed by atoms with van der Waals surface area (Å²) in [5.41, 5.74) is -4.75. The maximum absolute atomic E-state index is 14.0. The van der Waals surface area contributed by atoms with Gasteiger partial charge in [0.1, 0.15) is 0 Å². The van der Waals surface area contributed by atoms with Crippen molar-refractivity contribution in [2.75, 3.05) is 4.90 Å². The first kappa shape index (κ1) is 31.4. The molecule has 4 aromatic rings. The maximum Gasteiger partial charge on any atom is 0.501 e. The van der Waals surface area contributed by atoms with Gasteiger partial charge in [-0.3, -0.25) is 9.78 Å². The lowest BCUT2D eigenvalue weighted by Gasteiger charge is -2.28. The van der Waals surface area contributed by atoms with Crippen LogP contribution in [-0.4, -0.2) is 54.1 Å². The molecule has 1 aliphatic heterocycles. The van der Waals surface area contributed by atoms with E-state index in [9.17, 15) is 49.1 Å². The van der Waals surface area contributed by atoms with E-state index in [0.29, 0.717) is 51.2 Å². The number of hydroxylamine groups is 2. The third kappa shape index (κ3) is 5.92. The standard InChI is InChI=1S/C29H19F6N3O6S/c30-28(31,32)26(40)44-38-24(25(39)37(27(38)41)18-10-12-19(13-11-18)45(42,43)29(33,34)35)22(16-17-6-2-1-3-7-17)20-14-15-36-23-9-5-4-8-21(20)23/h1-15,22,24H,16H2/t22-,24-/m1/s1. The van der Waals surface area contributed by atoms with Crippen molar-refractivity contribution in [3.8, 4) is 0 Å². The Balaban J connectivity index is 1.65. The van der Waals surface area contributed by atoms with Gasteiger partial charge in [0.15, 0.2) is 6.04 Å². The van der Waals surface area contributed by atoms with Gasteiger partial charge in [-0.2, -0.15) is 26.3 Å². The van der Waals surface area contributed by atoms with Crippen molar-refractivity contribution in [2.24, 2.45) is 0 Å². The largest absolute Gasteiger partial charge is 0.501 e. The second kappa shape index (κ2) is 11.5. The number of rotatable bonds is 7. The normalized spacial score (nSPS) is 16.7. The molecule has 0 bridgehead atoms. The Labute approximate surface area is 250 Å². The number of nitrogens with zero attached hydrogens (tertiary/aromatic N) is 3. The first-order chi connectivity index (χ1) is 21.1. The van der Waals surface area contributed by atoms with E-state index in [2.05, 4.69) is 9.82 Å². The van der Waals surface area contributed by atoms with E-state index in [-0.39, 0.29) is 11.5 Å². The van der Waals surface area contributed by atoms with Crippen LogP contribution >= 0.6 is 0 Å². The van der Waals surface area contributed by atoms with Crippen molar-refractivity contribution < 1.29 is 54.0 Å². The number of anilines is 1. The molecule has 1 aliphatic rings. The molecular weight excluding hydrogens is 632 g/mol. The number of amides is 3. The molecule has 0 aliphatic carbocycles. The van der Waals surface area contributed by atoms with E-state index in [4.69, 9.17) is 0 Å². The molecule has 0 saturated carbocycles. The number of benzene rings is 3. The molecule has 0 spiro atoms. The number of carbonyl (C=O) groups is 3. The lowest BCUT2D eigenvalue weighted by Crippen LogP contribution is -2.44. The highest BCUT2D eigenvalue weighted by atomic mass is 32.2. The zero-order chi connectivity index (χ0) is 32.7. The molecule has 45 heavy (non-hydrogen) atoms. The summed E-state index contributed by atoms with van der Waals surface area (Å²) < 4.78 is 103. The monoisotopic (exact) mass is 651 g/mol. The Bertz CT molecular complexity index is 1880. The molecule has 3 aromatic carbocycles. The number of pyridine rings is 1. The van der Waals surface area contributed by atoms with Gasteiger partial charge in [0.05, 0.1) is 16.1 Å². The van der Waals surface area contributed by atoms with Crippen molar-refractivity contribution in [3.63, 3.8) is 0 Å². The van der Waals surface area contributed by atoms with Crippen LogP contribution in [0.5, 0.6) is 0 Å². The minimum absolute atomic E-state index is 0.0126. The molecule has 16 heteroatoms. The molecule has 0 radical (unpaired) electrons. The molecule has 1 aromatic heterocycles. The van der Waals surface area contributed by atoms with E-state index in [1.54, 1.807) is 54.6 Å². The van der Waals surface area contributed by atoms with Gasteiger partial charge in [0.2, 0.25) is 0 Å². The van der Waals surface area contributed by atoms with Crippen LogP contribution in [-0.2, 0) is 30.7 Å². The zero-order valence-electron chi connectivity index (χ0n) is 22.5. The maximum atomic E-state index is 14.0. The molecule has 0 N–H and O–H groups in total. The first-order valence-electron chi connectivity index (χ1n) is 12.9. The molecular formula is C29H19F6N3O6S. The van der Waals surface area contributed by atoms with E-state index in [0.717, 1.165) is 0 Å². The number of hydrogen-bond donors (Lipinski definition) is 0. The molecule has 3 amide bonds.